The van der Waals surface area contributed by atoms with Crippen LogP contribution in [0.15, 0.2) is 6.07 Å². The van der Waals surface area contributed by atoms with E-state index < -0.39 is 0 Å². The van der Waals surface area contributed by atoms with Gasteiger partial charge in [-0.05, 0) is 18.3 Å². The van der Waals surface area contributed by atoms with Gasteiger partial charge in [0.25, 0.3) is 0 Å². The summed E-state index contributed by atoms with van der Waals surface area (Å²) in [5.41, 5.74) is 5.80. The van der Waals surface area contributed by atoms with E-state index in [2.05, 4.69) is 43.0 Å². The first kappa shape index (κ1) is 14.1. The maximum Gasteiger partial charge on any atom is 0.138 e. The van der Waals surface area contributed by atoms with Crippen molar-refractivity contribution in [3.63, 3.8) is 0 Å². The Morgan fingerprint density at radius 2 is 2.05 bits per heavy atom. The summed E-state index contributed by atoms with van der Waals surface area (Å²) in [5.74, 6) is 3.77. The Labute approximate surface area is 116 Å². The number of nitrogens with zero attached hydrogens (tertiary/aromatic N) is 2. The Morgan fingerprint density at radius 1 is 1.32 bits per heavy atom. The van der Waals surface area contributed by atoms with E-state index in [1.54, 1.807) is 0 Å². The average molecular weight is 262 g/mol. The standard InChI is InChI=1S/C15H26N4/c1-10-6-5-7-11(10)9-17-13-8-12(16)18-14(19-13)15(2,3)4/h8,10-11H,5-7,9H2,1-4H3,(H3,16,17,18,19). The van der Waals surface area contributed by atoms with Gasteiger partial charge < -0.3 is 11.1 Å². The Hall–Kier alpha value is -1.32. The summed E-state index contributed by atoms with van der Waals surface area (Å²) in [5, 5.41) is 3.44. The van der Waals surface area contributed by atoms with Crippen molar-refractivity contribution < 1.29 is 0 Å². The second kappa shape index (κ2) is 5.35. The van der Waals surface area contributed by atoms with E-state index in [1.165, 1.54) is 19.3 Å². The molecule has 1 aromatic rings. The van der Waals surface area contributed by atoms with Gasteiger partial charge in [-0.3, -0.25) is 0 Å². The molecule has 4 nitrogen and oxygen atoms in total. The molecular formula is C15H26N4. The summed E-state index contributed by atoms with van der Waals surface area (Å²) in [6, 6.07) is 1.83. The van der Waals surface area contributed by atoms with E-state index in [4.69, 9.17) is 5.73 Å². The van der Waals surface area contributed by atoms with Crippen molar-refractivity contribution in [1.29, 1.82) is 0 Å². The lowest BCUT2D eigenvalue weighted by molar-refractivity contribution is 0.439. The maximum absolute atomic E-state index is 5.88. The molecule has 106 valence electrons. The predicted molar refractivity (Wildman–Crippen MR) is 80.1 cm³/mol. The molecule has 0 aliphatic heterocycles. The largest absolute Gasteiger partial charge is 0.384 e. The third-order valence-electron chi connectivity index (χ3n) is 4.00. The molecule has 3 N–H and O–H groups in total. The van der Waals surface area contributed by atoms with Crippen LogP contribution in [0.2, 0.25) is 0 Å². The topological polar surface area (TPSA) is 63.8 Å². The quantitative estimate of drug-likeness (QED) is 0.878. The van der Waals surface area contributed by atoms with Crippen molar-refractivity contribution in [3.05, 3.63) is 11.9 Å². The van der Waals surface area contributed by atoms with Crippen molar-refractivity contribution in [2.24, 2.45) is 11.8 Å². The number of aromatic nitrogens is 2. The number of nitrogen functional groups attached to an aromatic ring is 1. The minimum Gasteiger partial charge on any atom is -0.384 e. The Morgan fingerprint density at radius 3 is 2.63 bits per heavy atom. The maximum atomic E-state index is 5.88. The van der Waals surface area contributed by atoms with E-state index in [0.29, 0.717) is 5.82 Å². The monoisotopic (exact) mass is 262 g/mol. The van der Waals surface area contributed by atoms with Crippen LogP contribution < -0.4 is 11.1 Å². The number of anilines is 2. The van der Waals surface area contributed by atoms with Crippen LogP contribution in [-0.2, 0) is 5.41 Å². The van der Waals surface area contributed by atoms with Crippen LogP contribution in [0.1, 0.15) is 52.8 Å². The molecule has 1 fully saturated rings. The second-order valence-electron chi connectivity index (χ2n) is 6.80. The highest BCUT2D eigenvalue weighted by Gasteiger charge is 2.23. The number of hydrogen-bond acceptors (Lipinski definition) is 4. The van der Waals surface area contributed by atoms with Gasteiger partial charge in [-0.15, -0.1) is 0 Å². The molecule has 0 aromatic carbocycles. The Bertz CT molecular complexity index is 436. The first-order valence-electron chi connectivity index (χ1n) is 7.25. The minimum absolute atomic E-state index is 0.0769. The Balaban J connectivity index is 2.06. The van der Waals surface area contributed by atoms with Gasteiger partial charge in [-0.2, -0.15) is 0 Å². The zero-order valence-corrected chi connectivity index (χ0v) is 12.5. The van der Waals surface area contributed by atoms with E-state index in [-0.39, 0.29) is 5.41 Å². The van der Waals surface area contributed by atoms with Gasteiger partial charge in [0.15, 0.2) is 0 Å². The van der Waals surface area contributed by atoms with Gasteiger partial charge in [0, 0.05) is 18.0 Å². The molecule has 2 atom stereocenters. The molecule has 2 unspecified atom stereocenters. The van der Waals surface area contributed by atoms with Crippen LogP contribution in [0, 0.1) is 11.8 Å². The summed E-state index contributed by atoms with van der Waals surface area (Å²) in [6.07, 6.45) is 4.03. The summed E-state index contributed by atoms with van der Waals surface area (Å²) in [6.45, 7) is 9.63. The zero-order chi connectivity index (χ0) is 14.0. The number of rotatable bonds is 3. The molecule has 0 spiro atoms. The van der Waals surface area contributed by atoms with Crippen molar-refractivity contribution >= 4 is 11.6 Å². The molecule has 0 radical (unpaired) electrons. The van der Waals surface area contributed by atoms with Gasteiger partial charge in [-0.25, -0.2) is 9.97 Å². The minimum atomic E-state index is -0.0769. The highest BCUT2D eigenvalue weighted by atomic mass is 15.1. The van der Waals surface area contributed by atoms with Crippen LogP contribution in [-0.4, -0.2) is 16.5 Å². The lowest BCUT2D eigenvalue weighted by atomic mass is 9.95. The van der Waals surface area contributed by atoms with Gasteiger partial charge in [0.05, 0.1) is 0 Å². The smallest absolute Gasteiger partial charge is 0.138 e. The molecule has 4 heteroatoms. The van der Waals surface area contributed by atoms with Crippen molar-refractivity contribution in [1.82, 2.24) is 9.97 Å². The van der Waals surface area contributed by atoms with Crippen LogP contribution in [0.3, 0.4) is 0 Å². The van der Waals surface area contributed by atoms with Crippen molar-refractivity contribution in [2.75, 3.05) is 17.6 Å². The fraction of sp³-hybridized carbons (Fsp3) is 0.733. The fourth-order valence-electron chi connectivity index (χ4n) is 2.65. The summed E-state index contributed by atoms with van der Waals surface area (Å²) in [4.78, 5) is 8.92. The van der Waals surface area contributed by atoms with Crippen molar-refractivity contribution in [3.8, 4) is 0 Å². The summed E-state index contributed by atoms with van der Waals surface area (Å²) >= 11 is 0. The molecule has 0 saturated heterocycles. The average Bonchev–Trinajstić information content (AvgIpc) is 2.70. The van der Waals surface area contributed by atoms with E-state index in [0.717, 1.165) is 30.0 Å². The van der Waals surface area contributed by atoms with Crippen LogP contribution in [0.25, 0.3) is 0 Å². The molecule has 1 aliphatic rings. The first-order chi connectivity index (χ1) is 8.86. The molecule has 0 amide bonds. The molecule has 0 bridgehead atoms. The summed E-state index contributed by atoms with van der Waals surface area (Å²) < 4.78 is 0. The first-order valence-corrected chi connectivity index (χ1v) is 7.25. The van der Waals surface area contributed by atoms with Crippen molar-refractivity contribution in [2.45, 2.75) is 52.4 Å². The molecule has 1 aromatic heterocycles. The zero-order valence-electron chi connectivity index (χ0n) is 12.5. The number of hydrogen-bond donors (Lipinski definition) is 2. The number of nitrogens with two attached hydrogens (primary N) is 1. The molecule has 19 heavy (non-hydrogen) atoms. The van der Waals surface area contributed by atoms with E-state index in [1.807, 2.05) is 6.07 Å². The third-order valence-corrected chi connectivity index (χ3v) is 4.00. The normalized spacial score (nSPS) is 23.6. The third kappa shape index (κ3) is 3.58. The molecule has 2 rings (SSSR count). The fourth-order valence-corrected chi connectivity index (χ4v) is 2.65. The lowest BCUT2D eigenvalue weighted by Gasteiger charge is -2.20. The molecule has 1 aliphatic carbocycles. The van der Waals surface area contributed by atoms with Crippen LogP contribution in [0.4, 0.5) is 11.6 Å². The molecule has 1 heterocycles. The van der Waals surface area contributed by atoms with Crippen LogP contribution >= 0.6 is 0 Å². The highest BCUT2D eigenvalue weighted by molar-refractivity contribution is 5.45. The highest BCUT2D eigenvalue weighted by Crippen LogP contribution is 2.31. The second-order valence-corrected chi connectivity index (χ2v) is 6.80. The number of nitrogens with one attached hydrogen (secondary N) is 1. The van der Waals surface area contributed by atoms with E-state index in [9.17, 15) is 0 Å². The van der Waals surface area contributed by atoms with Crippen LogP contribution in [0.5, 0.6) is 0 Å². The SMILES string of the molecule is CC1CCCC1CNc1cc(N)nc(C(C)(C)C)n1. The van der Waals surface area contributed by atoms with E-state index >= 15 is 0 Å². The van der Waals surface area contributed by atoms with Gasteiger partial charge >= 0.3 is 0 Å². The predicted octanol–water partition coefficient (Wildman–Crippen LogP) is 3.20. The lowest BCUT2D eigenvalue weighted by Crippen LogP contribution is -2.21. The van der Waals surface area contributed by atoms with Gasteiger partial charge in [0.2, 0.25) is 0 Å². The van der Waals surface area contributed by atoms with Gasteiger partial charge in [-0.1, -0.05) is 40.5 Å². The summed E-state index contributed by atoms with van der Waals surface area (Å²) in [7, 11) is 0. The molecule has 1 saturated carbocycles. The van der Waals surface area contributed by atoms with Gasteiger partial charge in [0.1, 0.15) is 17.5 Å². The molecular weight excluding hydrogens is 236 g/mol. The Kier molecular flexibility index (Phi) is 3.97.